The van der Waals surface area contributed by atoms with Gasteiger partial charge in [-0.2, -0.15) is 4.31 Å². The highest BCUT2D eigenvalue weighted by molar-refractivity contribution is 7.88. The molecule has 0 spiro atoms. The van der Waals surface area contributed by atoms with Crippen LogP contribution in [0.5, 0.6) is 0 Å². The molecule has 0 rings (SSSR count). The Kier molecular flexibility index (Phi) is 7.86. The summed E-state index contributed by atoms with van der Waals surface area (Å²) in [5.41, 5.74) is 0. The van der Waals surface area contributed by atoms with Crippen molar-refractivity contribution in [3.63, 3.8) is 0 Å². The molecule has 0 aliphatic heterocycles. The highest BCUT2D eigenvalue weighted by Crippen LogP contribution is 2.06. The van der Waals surface area contributed by atoms with Crippen molar-refractivity contribution in [2.24, 2.45) is 5.92 Å². The molecule has 0 saturated carbocycles. The largest absolute Gasteiger partial charge is 0.355 e. The van der Waals surface area contributed by atoms with Crippen LogP contribution in [-0.4, -0.2) is 44.5 Å². The van der Waals surface area contributed by atoms with E-state index in [0.717, 1.165) is 19.1 Å². The molecule has 0 aromatic carbocycles. The Labute approximate surface area is 110 Å². The van der Waals surface area contributed by atoms with Gasteiger partial charge in [-0.05, 0) is 12.8 Å². The van der Waals surface area contributed by atoms with Crippen LogP contribution in [0.25, 0.3) is 0 Å². The van der Waals surface area contributed by atoms with E-state index in [1.165, 1.54) is 10.4 Å². The summed E-state index contributed by atoms with van der Waals surface area (Å²) in [5.74, 6) is 0.00291. The molecule has 0 radical (unpaired) electrons. The number of carbonyl (C=O) groups is 1. The first kappa shape index (κ1) is 17.1. The summed E-state index contributed by atoms with van der Waals surface area (Å²) in [7, 11) is -3.25. The smallest absolute Gasteiger partial charge is 0.223 e. The second-order valence-electron chi connectivity index (χ2n) is 4.21. The molecule has 1 N–H and O–H groups in total. The number of nitrogens with one attached hydrogen (secondary N) is 1. The third kappa shape index (κ3) is 6.16. The highest BCUT2D eigenvalue weighted by Gasteiger charge is 2.17. The molecule has 0 aromatic rings. The molecule has 0 fully saturated rings. The SMILES string of the molecule is C=CCN(CCNC(=O)C(CC)CC)S(C)(=O)=O. The van der Waals surface area contributed by atoms with Gasteiger partial charge in [0.25, 0.3) is 0 Å². The summed E-state index contributed by atoms with van der Waals surface area (Å²) in [5, 5.41) is 2.77. The zero-order chi connectivity index (χ0) is 14.2. The van der Waals surface area contributed by atoms with Gasteiger partial charge in [0.15, 0.2) is 0 Å². The number of nitrogens with zero attached hydrogens (tertiary/aromatic N) is 1. The Bertz CT molecular complexity index is 362. The van der Waals surface area contributed by atoms with E-state index in [0.29, 0.717) is 6.54 Å². The molecular formula is C12H24N2O3S. The minimum absolute atomic E-state index is 0.00736. The maximum Gasteiger partial charge on any atom is 0.223 e. The number of amides is 1. The van der Waals surface area contributed by atoms with Gasteiger partial charge in [-0.25, -0.2) is 8.42 Å². The maximum atomic E-state index is 11.7. The van der Waals surface area contributed by atoms with Crippen molar-refractivity contribution < 1.29 is 13.2 Å². The van der Waals surface area contributed by atoms with E-state index < -0.39 is 10.0 Å². The van der Waals surface area contributed by atoms with Crippen molar-refractivity contribution in [3.8, 4) is 0 Å². The van der Waals surface area contributed by atoms with Gasteiger partial charge < -0.3 is 5.32 Å². The van der Waals surface area contributed by atoms with Gasteiger partial charge in [0.05, 0.1) is 6.26 Å². The summed E-state index contributed by atoms with van der Waals surface area (Å²) >= 11 is 0. The lowest BCUT2D eigenvalue weighted by atomic mass is 10.0. The quantitative estimate of drug-likeness (QED) is 0.639. The van der Waals surface area contributed by atoms with Gasteiger partial charge in [-0.1, -0.05) is 19.9 Å². The van der Waals surface area contributed by atoms with Crippen LogP contribution in [0, 0.1) is 5.92 Å². The fourth-order valence-electron chi connectivity index (χ4n) is 1.64. The molecule has 0 aliphatic rings. The lowest BCUT2D eigenvalue weighted by molar-refractivity contribution is -0.125. The molecule has 6 heteroatoms. The Morgan fingerprint density at radius 3 is 2.33 bits per heavy atom. The average Bonchev–Trinajstić information content (AvgIpc) is 2.28. The van der Waals surface area contributed by atoms with Gasteiger partial charge in [-0.15, -0.1) is 6.58 Å². The lowest BCUT2D eigenvalue weighted by Gasteiger charge is -2.19. The number of sulfonamides is 1. The van der Waals surface area contributed by atoms with Crippen molar-refractivity contribution >= 4 is 15.9 Å². The summed E-state index contributed by atoms with van der Waals surface area (Å²) in [6, 6.07) is 0. The average molecular weight is 276 g/mol. The predicted molar refractivity (Wildman–Crippen MR) is 73.7 cm³/mol. The molecule has 0 unspecified atom stereocenters. The van der Waals surface area contributed by atoms with E-state index in [-0.39, 0.29) is 24.9 Å². The van der Waals surface area contributed by atoms with Crippen LogP contribution in [0.15, 0.2) is 12.7 Å². The van der Waals surface area contributed by atoms with Gasteiger partial charge >= 0.3 is 0 Å². The number of carbonyl (C=O) groups excluding carboxylic acids is 1. The van der Waals surface area contributed by atoms with Crippen LogP contribution >= 0.6 is 0 Å². The Morgan fingerprint density at radius 2 is 1.94 bits per heavy atom. The normalized spacial score (nSPS) is 11.8. The summed E-state index contributed by atoms with van der Waals surface area (Å²) < 4.78 is 24.1. The standard InChI is InChI=1S/C12H24N2O3S/c1-5-9-14(18(4,16)17)10-8-13-12(15)11(6-2)7-3/h5,11H,1,6-10H2,2-4H3,(H,13,15). The Hall–Kier alpha value is -0.880. The molecule has 0 heterocycles. The van der Waals surface area contributed by atoms with E-state index in [4.69, 9.17) is 0 Å². The second-order valence-corrected chi connectivity index (χ2v) is 6.20. The van der Waals surface area contributed by atoms with E-state index in [1.807, 2.05) is 13.8 Å². The first-order valence-corrected chi connectivity index (χ1v) is 8.05. The predicted octanol–water partition coefficient (Wildman–Crippen LogP) is 0.986. The topological polar surface area (TPSA) is 66.5 Å². The minimum Gasteiger partial charge on any atom is -0.355 e. The molecule has 5 nitrogen and oxygen atoms in total. The monoisotopic (exact) mass is 276 g/mol. The fraction of sp³-hybridized carbons (Fsp3) is 0.750. The molecule has 106 valence electrons. The first-order chi connectivity index (χ1) is 8.36. The van der Waals surface area contributed by atoms with Crippen molar-refractivity contribution in [2.45, 2.75) is 26.7 Å². The molecule has 0 bridgehead atoms. The Balaban J connectivity index is 4.23. The molecule has 1 amide bonds. The molecule has 0 saturated heterocycles. The van der Waals surface area contributed by atoms with Crippen molar-refractivity contribution in [1.29, 1.82) is 0 Å². The zero-order valence-electron chi connectivity index (χ0n) is 11.5. The van der Waals surface area contributed by atoms with Crippen LogP contribution in [0.1, 0.15) is 26.7 Å². The minimum atomic E-state index is -3.25. The van der Waals surface area contributed by atoms with Crippen molar-refractivity contribution in [2.75, 3.05) is 25.9 Å². The summed E-state index contributed by atoms with van der Waals surface area (Å²) in [6.45, 7) is 8.32. The van der Waals surface area contributed by atoms with Crippen LogP contribution in [-0.2, 0) is 14.8 Å². The van der Waals surface area contributed by atoms with E-state index >= 15 is 0 Å². The van der Waals surface area contributed by atoms with Gasteiger partial charge in [0.2, 0.25) is 15.9 Å². The number of hydrogen-bond donors (Lipinski definition) is 1. The molecule has 0 atom stereocenters. The summed E-state index contributed by atoms with van der Waals surface area (Å²) in [6.07, 6.45) is 4.28. The van der Waals surface area contributed by atoms with Gasteiger partial charge in [0.1, 0.15) is 0 Å². The van der Waals surface area contributed by atoms with Crippen LogP contribution in [0.4, 0.5) is 0 Å². The lowest BCUT2D eigenvalue weighted by Crippen LogP contribution is -2.39. The maximum absolute atomic E-state index is 11.7. The zero-order valence-corrected chi connectivity index (χ0v) is 12.3. The fourth-order valence-corrected chi connectivity index (χ4v) is 2.44. The van der Waals surface area contributed by atoms with Crippen LogP contribution in [0.3, 0.4) is 0 Å². The van der Waals surface area contributed by atoms with Crippen molar-refractivity contribution in [1.82, 2.24) is 9.62 Å². The van der Waals surface area contributed by atoms with E-state index in [9.17, 15) is 13.2 Å². The van der Waals surface area contributed by atoms with E-state index in [1.54, 1.807) is 0 Å². The summed E-state index contributed by atoms with van der Waals surface area (Å²) in [4.78, 5) is 11.7. The van der Waals surface area contributed by atoms with Crippen molar-refractivity contribution in [3.05, 3.63) is 12.7 Å². The third-order valence-corrected chi connectivity index (χ3v) is 4.09. The second kappa shape index (κ2) is 8.26. The van der Waals surface area contributed by atoms with E-state index in [2.05, 4.69) is 11.9 Å². The van der Waals surface area contributed by atoms with Crippen LogP contribution < -0.4 is 5.32 Å². The van der Waals surface area contributed by atoms with Gasteiger partial charge in [0, 0.05) is 25.6 Å². The van der Waals surface area contributed by atoms with Gasteiger partial charge in [-0.3, -0.25) is 4.79 Å². The van der Waals surface area contributed by atoms with Crippen LogP contribution in [0.2, 0.25) is 0 Å². The Morgan fingerprint density at radius 1 is 1.39 bits per heavy atom. The highest BCUT2D eigenvalue weighted by atomic mass is 32.2. The molecule has 0 aliphatic carbocycles. The molecular weight excluding hydrogens is 252 g/mol. The molecule has 18 heavy (non-hydrogen) atoms. The molecule has 0 aromatic heterocycles. The first-order valence-electron chi connectivity index (χ1n) is 6.20. The number of rotatable bonds is 9. The third-order valence-electron chi connectivity index (χ3n) is 2.82. The number of hydrogen-bond acceptors (Lipinski definition) is 3.